The van der Waals surface area contributed by atoms with Crippen molar-refractivity contribution in [2.45, 2.75) is 156 Å². The van der Waals surface area contributed by atoms with Crippen molar-refractivity contribution in [2.75, 3.05) is 20.3 Å². The normalized spacial score (nSPS) is 46.6. The second-order valence-corrected chi connectivity index (χ2v) is 18.5. The first-order valence-electron chi connectivity index (χ1n) is 19.5. The third kappa shape index (κ3) is 6.52. The molecule has 51 heavy (non-hydrogen) atoms. The molecule has 0 bridgehead atoms. The van der Waals surface area contributed by atoms with Crippen LogP contribution in [0.3, 0.4) is 0 Å². The number of hydrogen-bond acceptors (Lipinski definition) is 10. The molecule has 1 aliphatic heterocycles. The quantitative estimate of drug-likeness (QED) is 0.110. The Morgan fingerprint density at radius 3 is 2.22 bits per heavy atom. The maximum Gasteiger partial charge on any atom is 0.323 e. The Balaban J connectivity index is 1.35. The summed E-state index contributed by atoms with van der Waals surface area (Å²) < 4.78 is 11.9. The van der Waals surface area contributed by atoms with Gasteiger partial charge < -0.3 is 35.0 Å². The first-order chi connectivity index (χ1) is 23.8. The van der Waals surface area contributed by atoms with Gasteiger partial charge in [-0.1, -0.05) is 60.1 Å². The van der Waals surface area contributed by atoms with Crippen LogP contribution in [0.25, 0.3) is 0 Å². The topological polar surface area (TPSA) is 166 Å². The van der Waals surface area contributed by atoms with Crippen LogP contribution < -0.4 is 0 Å². The smallest absolute Gasteiger partial charge is 0.323 e. The molecule has 4 saturated carbocycles. The summed E-state index contributed by atoms with van der Waals surface area (Å²) in [5.41, 5.74) is 0.146. The van der Waals surface area contributed by atoms with E-state index in [4.69, 9.17) is 14.3 Å². The number of carbonyl (C=O) groups is 2. The van der Waals surface area contributed by atoms with Crippen LogP contribution in [-0.2, 0) is 23.9 Å². The number of aliphatic hydroxyl groups is 4. The van der Waals surface area contributed by atoms with Gasteiger partial charge in [0.2, 0.25) is 0 Å². The molecule has 11 nitrogen and oxygen atoms in total. The van der Waals surface area contributed by atoms with Gasteiger partial charge in [0.1, 0.15) is 37.1 Å². The van der Waals surface area contributed by atoms with E-state index in [-0.39, 0.29) is 46.1 Å². The number of carboxylic acid groups (broad SMARTS) is 1. The summed E-state index contributed by atoms with van der Waals surface area (Å²) in [6, 6.07) is 0. The predicted molar refractivity (Wildman–Crippen MR) is 191 cm³/mol. The molecule has 0 spiro atoms. The van der Waals surface area contributed by atoms with Crippen LogP contribution in [-0.4, -0.2) is 99.5 Å². The van der Waals surface area contributed by atoms with E-state index in [1.54, 1.807) is 0 Å². The Kier molecular flexibility index (Phi) is 11.6. The molecule has 5 unspecified atom stereocenters. The number of esters is 1. The molecule has 0 radical (unpaired) electrons. The molecule has 1 heterocycles. The number of aliphatic hydroxyl groups excluding tert-OH is 4. The Labute approximate surface area is 305 Å². The number of allylic oxidation sites excluding steroid dienone is 1. The van der Waals surface area contributed by atoms with Gasteiger partial charge in [0, 0.05) is 5.41 Å². The molecule has 1 saturated heterocycles. The van der Waals surface area contributed by atoms with Crippen LogP contribution in [0, 0.1) is 50.7 Å². The van der Waals surface area contributed by atoms with Crippen LogP contribution in [0.4, 0.5) is 0 Å². The zero-order chi connectivity index (χ0) is 37.9. The number of rotatable bonds is 11. The summed E-state index contributed by atoms with van der Waals surface area (Å²) in [6.07, 6.45) is 2.56. The minimum absolute atomic E-state index is 0.00190. The highest BCUT2D eigenvalue weighted by atomic mass is 16.7. The van der Waals surface area contributed by atoms with E-state index < -0.39 is 54.6 Å². The second kappa shape index (κ2) is 14.6. The predicted octanol–water partition coefficient (Wildman–Crippen LogP) is 5.08. The van der Waals surface area contributed by atoms with Gasteiger partial charge >= 0.3 is 11.9 Å². The van der Waals surface area contributed by atoms with Gasteiger partial charge in [-0.2, -0.15) is 0 Å². The fourth-order valence-electron chi connectivity index (χ4n) is 12.7. The molecule has 5 aliphatic rings. The van der Waals surface area contributed by atoms with Crippen LogP contribution in [0.1, 0.15) is 119 Å². The van der Waals surface area contributed by atoms with E-state index >= 15 is 0 Å². The molecule has 11 heteroatoms. The summed E-state index contributed by atoms with van der Waals surface area (Å²) in [7, 11) is 1.32. The molecule has 5 N–H and O–H groups in total. The van der Waals surface area contributed by atoms with E-state index in [0.717, 1.165) is 74.8 Å². The third-order valence-electron chi connectivity index (χ3n) is 15.8. The Morgan fingerprint density at radius 1 is 0.941 bits per heavy atom. The molecule has 0 aromatic rings. The molecule has 0 aromatic heterocycles. The number of fused-ring (bicyclic) bond motifs is 2. The zero-order valence-corrected chi connectivity index (χ0v) is 32.4. The molecule has 5 fully saturated rings. The molecule has 0 amide bonds. The van der Waals surface area contributed by atoms with Gasteiger partial charge in [0.05, 0.1) is 19.1 Å². The van der Waals surface area contributed by atoms with Crippen molar-refractivity contribution >= 4 is 11.9 Å². The summed E-state index contributed by atoms with van der Waals surface area (Å²) in [6.45, 7) is 19.6. The van der Waals surface area contributed by atoms with Crippen molar-refractivity contribution in [3.8, 4) is 0 Å². The Morgan fingerprint density at radius 2 is 1.63 bits per heavy atom. The zero-order valence-electron chi connectivity index (χ0n) is 32.4. The number of hydroxylamine groups is 2. The number of carbonyl (C=O) groups excluding carboxylic acids is 1. The number of carboxylic acids is 1. The minimum Gasteiger partial charge on any atom is -0.481 e. The highest BCUT2D eigenvalue weighted by Gasteiger charge is 2.67. The maximum absolute atomic E-state index is 13.5. The number of ether oxygens (including phenoxy) is 2. The average molecular weight is 722 g/mol. The summed E-state index contributed by atoms with van der Waals surface area (Å²) >= 11 is 0. The maximum atomic E-state index is 13.5. The van der Waals surface area contributed by atoms with Gasteiger partial charge in [0.15, 0.2) is 6.23 Å². The van der Waals surface area contributed by atoms with E-state index in [9.17, 15) is 35.1 Å². The van der Waals surface area contributed by atoms with Gasteiger partial charge in [-0.3, -0.25) is 14.4 Å². The van der Waals surface area contributed by atoms with Crippen LogP contribution in [0.15, 0.2) is 12.2 Å². The molecular weight excluding hydrogens is 654 g/mol. The van der Waals surface area contributed by atoms with Gasteiger partial charge in [-0.25, -0.2) is 0 Å². The Hall–Kier alpha value is -1.60. The van der Waals surface area contributed by atoms with Crippen molar-refractivity contribution in [1.82, 2.24) is 5.06 Å². The molecule has 5 rings (SSSR count). The number of hydrogen-bond donors (Lipinski definition) is 5. The van der Waals surface area contributed by atoms with E-state index in [1.807, 2.05) is 0 Å². The van der Waals surface area contributed by atoms with Gasteiger partial charge in [0.25, 0.3) is 0 Å². The van der Waals surface area contributed by atoms with Crippen molar-refractivity contribution < 1.29 is 49.4 Å². The second-order valence-electron chi connectivity index (χ2n) is 18.5. The van der Waals surface area contributed by atoms with E-state index in [0.29, 0.717) is 18.3 Å². The number of aliphatic carboxylic acids is 1. The van der Waals surface area contributed by atoms with Crippen LogP contribution in [0.2, 0.25) is 0 Å². The fraction of sp³-hybridized carbons (Fsp3) is 0.900. The lowest BCUT2D eigenvalue weighted by molar-refractivity contribution is -0.327. The molecular formula is C40H67NO10. The monoisotopic (exact) mass is 721 g/mol. The molecule has 0 aromatic carbocycles. The molecule has 4 aliphatic carbocycles. The third-order valence-corrected chi connectivity index (χ3v) is 15.8. The Bertz CT molecular complexity index is 1310. The SMILES string of the molecule is C=C(C)[C@@H]1CC[C@]2(C(=O)O)CC[C@@](C)([C@]3(C)CCC4C(C)(C)[C@@H](OC(=O)CN(OC)[C@@H]5OC(CO)[C@@H](O)C(O)[C@H]5O)CC[C@]4(C)C3CCC)CC12. The van der Waals surface area contributed by atoms with Crippen LogP contribution >= 0.6 is 0 Å². The first kappa shape index (κ1) is 40.6. The van der Waals surface area contributed by atoms with Crippen LogP contribution in [0.5, 0.6) is 0 Å². The van der Waals surface area contributed by atoms with Crippen molar-refractivity contribution in [3.05, 3.63) is 12.2 Å². The summed E-state index contributed by atoms with van der Waals surface area (Å²) in [4.78, 5) is 31.8. The highest BCUT2D eigenvalue weighted by Crippen LogP contribution is 2.73. The van der Waals surface area contributed by atoms with Crippen molar-refractivity contribution in [3.63, 3.8) is 0 Å². The summed E-state index contributed by atoms with van der Waals surface area (Å²) in [5, 5.41) is 52.4. The van der Waals surface area contributed by atoms with E-state index in [1.165, 1.54) is 7.11 Å². The highest BCUT2D eigenvalue weighted by molar-refractivity contribution is 5.76. The summed E-state index contributed by atoms with van der Waals surface area (Å²) in [5.74, 6) is -0.101. The molecule has 14 atom stereocenters. The lowest BCUT2D eigenvalue weighted by Gasteiger charge is -2.68. The van der Waals surface area contributed by atoms with Gasteiger partial charge in [-0.05, 0) is 111 Å². The van der Waals surface area contributed by atoms with Gasteiger partial charge in [-0.15, -0.1) is 5.06 Å². The first-order valence-corrected chi connectivity index (χ1v) is 19.5. The van der Waals surface area contributed by atoms with Crippen molar-refractivity contribution in [1.29, 1.82) is 0 Å². The minimum atomic E-state index is -1.60. The fourth-order valence-corrected chi connectivity index (χ4v) is 12.7. The van der Waals surface area contributed by atoms with Crippen molar-refractivity contribution in [2.24, 2.45) is 50.7 Å². The lowest BCUT2D eigenvalue weighted by Crippen LogP contribution is -2.64. The number of nitrogens with zero attached hydrogens (tertiary/aromatic N) is 1. The lowest BCUT2D eigenvalue weighted by atomic mass is 9.36. The average Bonchev–Trinajstić information content (AvgIpc) is 3.46. The largest absolute Gasteiger partial charge is 0.481 e. The molecule has 292 valence electrons. The van der Waals surface area contributed by atoms with E-state index in [2.05, 4.69) is 55.0 Å². The standard InChI is InChI=1S/C40H67NO10/c1-10-11-28-38(7)15-14-29(51-30(43)21-41(49-9)34-33(46)32(45)31(44)26(22-42)50-34)36(4,5)27(38)13-16-39(28,8)37(6)18-19-40(35(47)48)17-12-24(23(2)3)25(40)20-37/h24-29,31-34,42,44-46H,2,10-22H2,1,3-9H3,(H,47,48)/t24-,25?,26?,27?,28?,29-,31+,32?,33+,34+,37+,38-,39+,40-/m0/s1.